The second-order valence-corrected chi connectivity index (χ2v) is 3.31. The molecule has 0 radical (unpaired) electrons. The monoisotopic (exact) mass is 152 g/mol. The lowest BCUT2D eigenvalue weighted by molar-refractivity contribution is 0.191. The minimum atomic E-state index is 0.627. The van der Waals surface area contributed by atoms with Crippen LogP contribution in [0, 0.1) is 0 Å². The number of hydrogen-bond acceptors (Lipinski definition) is 2. The highest BCUT2D eigenvalue weighted by atomic mass is 15.5. The van der Waals surface area contributed by atoms with Crippen LogP contribution in [0.3, 0.4) is 0 Å². The number of hydrazone groups is 1. The van der Waals surface area contributed by atoms with E-state index in [1.54, 1.807) is 0 Å². The van der Waals surface area contributed by atoms with Gasteiger partial charge in [0.25, 0.3) is 0 Å². The van der Waals surface area contributed by atoms with E-state index in [9.17, 15) is 0 Å². The molecule has 2 heteroatoms. The molecule has 0 atom stereocenters. The van der Waals surface area contributed by atoms with E-state index in [1.807, 2.05) is 5.01 Å². The van der Waals surface area contributed by atoms with Crippen molar-refractivity contribution in [2.75, 3.05) is 0 Å². The highest BCUT2D eigenvalue weighted by Crippen LogP contribution is 2.25. The zero-order valence-electron chi connectivity index (χ0n) is 7.38. The molecule has 0 saturated heterocycles. The summed E-state index contributed by atoms with van der Waals surface area (Å²) in [6.07, 6.45) is 5.94. The molecular weight excluding hydrogens is 136 g/mol. The first-order valence-electron chi connectivity index (χ1n) is 4.14. The van der Waals surface area contributed by atoms with Crippen LogP contribution in [0.25, 0.3) is 0 Å². The molecule has 0 aliphatic heterocycles. The van der Waals surface area contributed by atoms with Crippen LogP contribution in [0.1, 0.15) is 33.1 Å². The molecule has 0 aromatic heterocycles. The molecule has 0 N–H and O–H groups in total. The largest absolute Gasteiger partial charge is 0.270 e. The lowest BCUT2D eigenvalue weighted by Crippen LogP contribution is -2.32. The Balaban J connectivity index is 2.48. The van der Waals surface area contributed by atoms with Crippen LogP contribution in [-0.4, -0.2) is 17.8 Å². The van der Waals surface area contributed by atoms with E-state index < -0.39 is 0 Å². The van der Waals surface area contributed by atoms with Crippen molar-refractivity contribution in [2.24, 2.45) is 5.10 Å². The van der Waals surface area contributed by atoms with Crippen molar-refractivity contribution in [1.82, 2.24) is 5.01 Å². The topological polar surface area (TPSA) is 15.6 Å². The van der Waals surface area contributed by atoms with E-state index in [1.165, 1.54) is 24.8 Å². The summed E-state index contributed by atoms with van der Waals surface area (Å²) >= 11 is 0. The molecule has 0 aromatic rings. The predicted octanol–water partition coefficient (Wildman–Crippen LogP) is 2.38. The van der Waals surface area contributed by atoms with Gasteiger partial charge in [-0.05, 0) is 33.1 Å². The van der Waals surface area contributed by atoms with E-state index in [4.69, 9.17) is 0 Å². The Bertz CT molecular complexity index is 164. The first kappa shape index (κ1) is 8.31. The molecular formula is C9H16N2. The van der Waals surface area contributed by atoms with E-state index in [2.05, 4.69) is 31.9 Å². The van der Waals surface area contributed by atoms with Crippen molar-refractivity contribution in [3.8, 4) is 0 Å². The number of nitrogens with zero attached hydrogens (tertiary/aromatic N) is 2. The number of allylic oxidation sites excluding steroid dienone is 1. The highest BCUT2D eigenvalue weighted by molar-refractivity contribution is 5.23. The third-order valence-electron chi connectivity index (χ3n) is 2.00. The quantitative estimate of drug-likeness (QED) is 0.448. The van der Waals surface area contributed by atoms with Crippen molar-refractivity contribution in [2.45, 2.75) is 39.2 Å². The van der Waals surface area contributed by atoms with Gasteiger partial charge in [0.15, 0.2) is 0 Å². The Hall–Kier alpha value is -0.790. The van der Waals surface area contributed by atoms with E-state index in [0.29, 0.717) is 6.04 Å². The molecule has 1 rings (SSSR count). The maximum Gasteiger partial charge on any atom is 0.0519 e. The molecule has 0 aromatic carbocycles. The third kappa shape index (κ3) is 2.07. The SMILES string of the molecule is C=NN(C=C(C)C)C1CCC1. The van der Waals surface area contributed by atoms with Crippen molar-refractivity contribution >= 4 is 6.72 Å². The normalized spacial score (nSPS) is 16.9. The van der Waals surface area contributed by atoms with Crippen molar-refractivity contribution < 1.29 is 0 Å². The fraction of sp³-hybridized carbons (Fsp3) is 0.667. The van der Waals surface area contributed by atoms with Crippen molar-refractivity contribution in [3.05, 3.63) is 11.8 Å². The highest BCUT2D eigenvalue weighted by Gasteiger charge is 2.21. The average Bonchev–Trinajstić information content (AvgIpc) is 1.81. The van der Waals surface area contributed by atoms with Gasteiger partial charge in [-0.3, -0.25) is 5.01 Å². The molecule has 1 saturated carbocycles. The standard InChI is InChI=1S/C9H16N2/c1-8(2)7-11(10-3)9-5-4-6-9/h7,9H,3-6H2,1-2H3. The summed E-state index contributed by atoms with van der Waals surface area (Å²) in [5.74, 6) is 0. The molecule has 1 fully saturated rings. The molecule has 0 bridgehead atoms. The van der Waals surface area contributed by atoms with Crippen LogP contribution in [0.15, 0.2) is 16.9 Å². The van der Waals surface area contributed by atoms with E-state index in [0.717, 1.165) is 0 Å². The molecule has 11 heavy (non-hydrogen) atoms. The number of rotatable bonds is 3. The van der Waals surface area contributed by atoms with Gasteiger partial charge in [0, 0.05) is 12.9 Å². The van der Waals surface area contributed by atoms with Gasteiger partial charge < -0.3 is 0 Å². The smallest absolute Gasteiger partial charge is 0.0519 e. The second kappa shape index (κ2) is 3.56. The van der Waals surface area contributed by atoms with Crippen LogP contribution >= 0.6 is 0 Å². The molecule has 1 aliphatic carbocycles. The Kier molecular flexibility index (Phi) is 2.69. The zero-order valence-corrected chi connectivity index (χ0v) is 7.38. The molecule has 0 amide bonds. The van der Waals surface area contributed by atoms with E-state index in [-0.39, 0.29) is 0 Å². The fourth-order valence-electron chi connectivity index (χ4n) is 1.18. The van der Waals surface area contributed by atoms with E-state index >= 15 is 0 Å². The zero-order chi connectivity index (χ0) is 8.27. The van der Waals surface area contributed by atoms with Gasteiger partial charge in [-0.1, -0.05) is 5.57 Å². The van der Waals surface area contributed by atoms with Crippen LogP contribution in [-0.2, 0) is 0 Å². The van der Waals surface area contributed by atoms with Gasteiger partial charge in [0.1, 0.15) is 0 Å². The summed E-state index contributed by atoms with van der Waals surface area (Å²) in [4.78, 5) is 0. The summed E-state index contributed by atoms with van der Waals surface area (Å²) in [5.41, 5.74) is 1.28. The molecule has 2 nitrogen and oxygen atoms in total. The van der Waals surface area contributed by atoms with Crippen LogP contribution in [0.5, 0.6) is 0 Å². The minimum Gasteiger partial charge on any atom is -0.270 e. The molecule has 0 unspecified atom stereocenters. The molecule has 1 aliphatic rings. The minimum absolute atomic E-state index is 0.627. The Morgan fingerprint density at radius 2 is 2.18 bits per heavy atom. The summed E-state index contributed by atoms with van der Waals surface area (Å²) < 4.78 is 0. The predicted molar refractivity (Wildman–Crippen MR) is 48.5 cm³/mol. The van der Waals surface area contributed by atoms with Gasteiger partial charge in [0.2, 0.25) is 0 Å². The Morgan fingerprint density at radius 1 is 1.55 bits per heavy atom. The van der Waals surface area contributed by atoms with Crippen molar-refractivity contribution in [3.63, 3.8) is 0 Å². The maximum atomic E-state index is 3.96. The van der Waals surface area contributed by atoms with Gasteiger partial charge in [-0.15, -0.1) is 0 Å². The summed E-state index contributed by atoms with van der Waals surface area (Å²) in [5, 5.41) is 5.94. The Labute approximate surface area is 68.6 Å². The third-order valence-corrected chi connectivity index (χ3v) is 2.00. The lowest BCUT2D eigenvalue weighted by Gasteiger charge is -2.33. The fourth-order valence-corrected chi connectivity index (χ4v) is 1.18. The Morgan fingerprint density at radius 3 is 2.45 bits per heavy atom. The summed E-state index contributed by atoms with van der Waals surface area (Å²) in [6, 6.07) is 0.627. The van der Waals surface area contributed by atoms with Gasteiger partial charge in [0.05, 0.1) is 6.04 Å². The average molecular weight is 152 g/mol. The number of hydrogen-bond donors (Lipinski definition) is 0. The van der Waals surface area contributed by atoms with Crippen LogP contribution in [0.2, 0.25) is 0 Å². The second-order valence-electron chi connectivity index (χ2n) is 3.31. The van der Waals surface area contributed by atoms with Crippen LogP contribution in [0.4, 0.5) is 0 Å². The first-order chi connectivity index (χ1) is 5.24. The molecule has 62 valence electrons. The molecule has 0 spiro atoms. The van der Waals surface area contributed by atoms with Gasteiger partial charge >= 0.3 is 0 Å². The first-order valence-corrected chi connectivity index (χ1v) is 4.14. The van der Waals surface area contributed by atoms with Gasteiger partial charge in [-0.2, -0.15) is 5.10 Å². The van der Waals surface area contributed by atoms with Crippen LogP contribution < -0.4 is 0 Å². The van der Waals surface area contributed by atoms with Gasteiger partial charge in [-0.25, -0.2) is 0 Å². The summed E-state index contributed by atoms with van der Waals surface area (Å²) in [7, 11) is 0. The maximum absolute atomic E-state index is 3.96. The molecule has 0 heterocycles. The lowest BCUT2D eigenvalue weighted by atomic mass is 9.93. The van der Waals surface area contributed by atoms with Crippen molar-refractivity contribution in [1.29, 1.82) is 0 Å². The summed E-state index contributed by atoms with van der Waals surface area (Å²) in [6.45, 7) is 7.71.